The van der Waals surface area contributed by atoms with Gasteiger partial charge in [0.15, 0.2) is 0 Å². The maximum atomic E-state index is 13.5. The molecule has 3 aromatic rings. The minimum absolute atomic E-state index is 0.0848. The topological polar surface area (TPSA) is 66.5 Å². The molecule has 0 fully saturated rings. The molecule has 31 heavy (non-hydrogen) atoms. The third kappa shape index (κ3) is 5.49. The Morgan fingerprint density at radius 3 is 2.32 bits per heavy atom. The summed E-state index contributed by atoms with van der Waals surface area (Å²) in [6.45, 7) is 5.76. The zero-order valence-corrected chi connectivity index (χ0v) is 18.8. The molecule has 5 nitrogen and oxygen atoms in total. The molecule has 3 aromatic carbocycles. The second-order valence-corrected chi connectivity index (χ2v) is 9.56. The molecule has 0 aliphatic rings. The van der Waals surface area contributed by atoms with Crippen molar-refractivity contribution in [2.45, 2.75) is 27.3 Å². The Labute approximate surface area is 182 Å². The van der Waals surface area contributed by atoms with Gasteiger partial charge in [-0.2, -0.15) is 0 Å². The summed E-state index contributed by atoms with van der Waals surface area (Å²) < 4.78 is 39.8. The maximum absolute atomic E-state index is 13.5. The summed E-state index contributed by atoms with van der Waals surface area (Å²) >= 11 is 0. The molecule has 0 spiro atoms. The molecule has 7 heteroatoms. The quantitative estimate of drug-likeness (QED) is 0.589. The molecule has 1 N–H and O–H groups in total. The van der Waals surface area contributed by atoms with E-state index in [2.05, 4.69) is 5.32 Å². The Kier molecular flexibility index (Phi) is 6.45. The lowest BCUT2D eigenvalue weighted by Gasteiger charge is -2.23. The standard InChI is InChI=1S/C24H25FN2O3S/c1-16-9-11-22(12-18(16)3)27(31(4,29)30)15-19-6-5-7-20(13-19)24(28)26-23-14-21(25)10-8-17(23)2/h5-14H,15H2,1-4H3,(H,26,28). The van der Waals surface area contributed by atoms with Crippen molar-refractivity contribution in [3.05, 3.63) is 94.3 Å². The fourth-order valence-corrected chi connectivity index (χ4v) is 4.06. The van der Waals surface area contributed by atoms with Crippen LogP contribution in [-0.2, 0) is 16.6 Å². The Balaban J connectivity index is 1.87. The first kappa shape index (κ1) is 22.5. The number of rotatable bonds is 6. The first-order chi connectivity index (χ1) is 14.5. The first-order valence-corrected chi connectivity index (χ1v) is 11.6. The highest BCUT2D eigenvalue weighted by Crippen LogP contribution is 2.24. The monoisotopic (exact) mass is 440 g/mol. The van der Waals surface area contributed by atoms with Gasteiger partial charge in [-0.05, 0) is 79.4 Å². The molecule has 0 aliphatic heterocycles. The van der Waals surface area contributed by atoms with Crippen molar-refractivity contribution in [1.29, 1.82) is 0 Å². The van der Waals surface area contributed by atoms with Crippen LogP contribution in [0.15, 0.2) is 60.7 Å². The number of halogens is 1. The van der Waals surface area contributed by atoms with Gasteiger partial charge in [0.05, 0.1) is 18.5 Å². The van der Waals surface area contributed by atoms with Crippen molar-refractivity contribution in [3.63, 3.8) is 0 Å². The normalized spacial score (nSPS) is 11.3. The first-order valence-electron chi connectivity index (χ1n) is 9.76. The van der Waals surface area contributed by atoms with E-state index in [1.807, 2.05) is 26.0 Å². The number of nitrogens with one attached hydrogen (secondary N) is 1. The van der Waals surface area contributed by atoms with Gasteiger partial charge < -0.3 is 5.32 Å². The summed E-state index contributed by atoms with van der Waals surface area (Å²) in [4.78, 5) is 12.7. The number of aryl methyl sites for hydroxylation is 3. The van der Waals surface area contributed by atoms with Crippen molar-refractivity contribution < 1.29 is 17.6 Å². The number of carbonyl (C=O) groups excluding carboxylic acids is 1. The van der Waals surface area contributed by atoms with Crippen LogP contribution >= 0.6 is 0 Å². The van der Waals surface area contributed by atoms with E-state index in [0.29, 0.717) is 22.5 Å². The molecule has 3 rings (SSSR count). The van der Waals surface area contributed by atoms with Gasteiger partial charge in [-0.1, -0.05) is 24.3 Å². The van der Waals surface area contributed by atoms with Gasteiger partial charge >= 0.3 is 0 Å². The molecule has 162 valence electrons. The molecular weight excluding hydrogens is 415 g/mol. The lowest BCUT2D eigenvalue weighted by Crippen LogP contribution is -2.29. The van der Waals surface area contributed by atoms with Crippen molar-refractivity contribution >= 4 is 27.3 Å². The van der Waals surface area contributed by atoms with E-state index in [9.17, 15) is 17.6 Å². The zero-order chi connectivity index (χ0) is 22.8. The van der Waals surface area contributed by atoms with Gasteiger partial charge in [0.25, 0.3) is 5.91 Å². The molecular formula is C24H25FN2O3S. The molecule has 0 saturated carbocycles. The van der Waals surface area contributed by atoms with Crippen molar-refractivity contribution in [3.8, 4) is 0 Å². The third-order valence-electron chi connectivity index (χ3n) is 5.14. The molecule has 0 aliphatic carbocycles. The van der Waals surface area contributed by atoms with E-state index in [4.69, 9.17) is 0 Å². The second kappa shape index (κ2) is 8.89. The molecule has 0 radical (unpaired) electrons. The number of hydrogen-bond donors (Lipinski definition) is 1. The number of sulfonamides is 1. The predicted octanol–water partition coefficient (Wildman–Crippen LogP) is 4.97. The van der Waals surface area contributed by atoms with Crippen LogP contribution in [0, 0.1) is 26.6 Å². The SMILES string of the molecule is Cc1ccc(N(Cc2cccc(C(=O)Nc3cc(F)ccc3C)c2)S(C)(=O)=O)cc1C. The molecule has 0 heterocycles. The van der Waals surface area contributed by atoms with Crippen LogP contribution in [0.1, 0.15) is 32.6 Å². The van der Waals surface area contributed by atoms with Gasteiger partial charge in [-0.25, -0.2) is 12.8 Å². The Hall–Kier alpha value is -3.19. The van der Waals surface area contributed by atoms with E-state index in [0.717, 1.165) is 22.9 Å². The molecule has 0 atom stereocenters. The van der Waals surface area contributed by atoms with Gasteiger partial charge in [-0.15, -0.1) is 0 Å². The van der Waals surface area contributed by atoms with E-state index < -0.39 is 21.7 Å². The van der Waals surface area contributed by atoms with Crippen LogP contribution in [0.2, 0.25) is 0 Å². The summed E-state index contributed by atoms with van der Waals surface area (Å²) in [6, 6.07) is 16.4. The zero-order valence-electron chi connectivity index (χ0n) is 17.9. The van der Waals surface area contributed by atoms with E-state index >= 15 is 0 Å². The Morgan fingerprint density at radius 2 is 1.65 bits per heavy atom. The summed E-state index contributed by atoms with van der Waals surface area (Å²) in [5, 5.41) is 2.71. The highest BCUT2D eigenvalue weighted by molar-refractivity contribution is 7.92. The number of amides is 1. The van der Waals surface area contributed by atoms with Crippen LogP contribution in [-0.4, -0.2) is 20.6 Å². The highest BCUT2D eigenvalue weighted by atomic mass is 32.2. The van der Waals surface area contributed by atoms with Crippen LogP contribution in [0.4, 0.5) is 15.8 Å². The lowest BCUT2D eigenvalue weighted by atomic mass is 10.1. The van der Waals surface area contributed by atoms with Crippen molar-refractivity contribution in [2.24, 2.45) is 0 Å². The fourth-order valence-electron chi connectivity index (χ4n) is 3.18. The number of nitrogens with zero attached hydrogens (tertiary/aromatic N) is 1. The summed E-state index contributed by atoms with van der Waals surface area (Å²) in [6.07, 6.45) is 1.16. The summed E-state index contributed by atoms with van der Waals surface area (Å²) in [5.41, 5.74) is 4.78. The number of hydrogen-bond acceptors (Lipinski definition) is 3. The molecule has 0 aromatic heterocycles. The second-order valence-electron chi connectivity index (χ2n) is 7.65. The van der Waals surface area contributed by atoms with Gasteiger partial charge in [0, 0.05) is 11.3 Å². The number of benzene rings is 3. The Morgan fingerprint density at radius 1 is 0.935 bits per heavy atom. The minimum Gasteiger partial charge on any atom is -0.322 e. The third-order valence-corrected chi connectivity index (χ3v) is 6.28. The van der Waals surface area contributed by atoms with Gasteiger partial charge in [-0.3, -0.25) is 9.10 Å². The fraction of sp³-hybridized carbons (Fsp3) is 0.208. The van der Waals surface area contributed by atoms with Crippen molar-refractivity contribution in [2.75, 3.05) is 15.9 Å². The molecule has 0 unspecified atom stereocenters. The number of carbonyl (C=O) groups is 1. The number of anilines is 2. The maximum Gasteiger partial charge on any atom is 0.255 e. The Bertz CT molecular complexity index is 1240. The average Bonchev–Trinajstić information content (AvgIpc) is 2.70. The highest BCUT2D eigenvalue weighted by Gasteiger charge is 2.19. The predicted molar refractivity (Wildman–Crippen MR) is 122 cm³/mol. The van der Waals surface area contributed by atoms with Gasteiger partial charge in [0.1, 0.15) is 5.82 Å². The van der Waals surface area contributed by atoms with Crippen molar-refractivity contribution in [1.82, 2.24) is 0 Å². The minimum atomic E-state index is -3.55. The molecule has 0 bridgehead atoms. The molecule has 0 saturated heterocycles. The summed E-state index contributed by atoms with van der Waals surface area (Å²) in [5.74, 6) is -0.834. The van der Waals surface area contributed by atoms with E-state index in [-0.39, 0.29) is 6.54 Å². The van der Waals surface area contributed by atoms with Crippen LogP contribution in [0.5, 0.6) is 0 Å². The van der Waals surface area contributed by atoms with Crippen LogP contribution in [0.3, 0.4) is 0 Å². The average molecular weight is 441 g/mol. The molecule has 1 amide bonds. The van der Waals surface area contributed by atoms with Crippen LogP contribution in [0.25, 0.3) is 0 Å². The van der Waals surface area contributed by atoms with Crippen LogP contribution < -0.4 is 9.62 Å². The van der Waals surface area contributed by atoms with E-state index in [1.165, 1.54) is 16.4 Å². The largest absolute Gasteiger partial charge is 0.322 e. The smallest absolute Gasteiger partial charge is 0.255 e. The van der Waals surface area contributed by atoms with E-state index in [1.54, 1.807) is 43.3 Å². The van der Waals surface area contributed by atoms with Gasteiger partial charge in [0.2, 0.25) is 10.0 Å². The summed E-state index contributed by atoms with van der Waals surface area (Å²) in [7, 11) is -3.55. The lowest BCUT2D eigenvalue weighted by molar-refractivity contribution is 0.102.